The minimum atomic E-state index is -10.1. The molecule has 2 heterocycles. The van der Waals surface area contributed by atoms with Crippen molar-refractivity contribution in [3.63, 3.8) is 0 Å². The van der Waals surface area contributed by atoms with Crippen molar-refractivity contribution in [2.75, 3.05) is 11.4 Å². The Balaban J connectivity index is 1.86. The number of aliphatic hydroxyl groups is 1. The standard InChI is InChI=1S/C26H32F7N7O3S/c1-16(2)39-15-35-37-22(39)21(23(41)36-17-8-10-26(27,28)11-9-17)40(24(42)20-12-25(3,43)13-38(20)14-34)18-4-6-19(7-5-18)44(29,30,31,32)33/h4-7,15-17,20-21,43H,8-13H2,1-3H3,(H,36,41)/t20-,21?,25-/m1/s1. The Morgan fingerprint density at radius 1 is 1.14 bits per heavy atom. The predicted molar refractivity (Wildman–Crippen MR) is 145 cm³/mol. The number of nitrogens with zero attached hydrogens (tertiary/aromatic N) is 6. The van der Waals surface area contributed by atoms with Crippen molar-refractivity contribution < 1.29 is 42.9 Å². The van der Waals surface area contributed by atoms with E-state index in [1.807, 2.05) is 0 Å². The van der Waals surface area contributed by atoms with Crippen molar-refractivity contribution in [3.8, 4) is 6.19 Å². The Morgan fingerprint density at radius 2 is 1.73 bits per heavy atom. The molecule has 2 amide bonds. The van der Waals surface area contributed by atoms with Gasteiger partial charge in [0.05, 0.1) is 12.1 Å². The van der Waals surface area contributed by atoms with Crippen LogP contribution in [0.1, 0.15) is 70.8 Å². The number of benzene rings is 1. The van der Waals surface area contributed by atoms with Gasteiger partial charge in [0.2, 0.25) is 5.92 Å². The van der Waals surface area contributed by atoms with E-state index in [0.717, 1.165) is 9.80 Å². The molecule has 3 atom stereocenters. The molecule has 1 aromatic heterocycles. The highest BCUT2D eigenvalue weighted by molar-refractivity contribution is 8.45. The van der Waals surface area contributed by atoms with Crippen molar-refractivity contribution in [1.82, 2.24) is 25.0 Å². The van der Waals surface area contributed by atoms with Gasteiger partial charge >= 0.3 is 10.2 Å². The molecule has 1 unspecified atom stereocenters. The van der Waals surface area contributed by atoms with Crippen molar-refractivity contribution in [3.05, 3.63) is 36.4 Å². The number of hydrogen-bond acceptors (Lipinski definition) is 7. The fourth-order valence-corrected chi connectivity index (χ4v) is 6.13. The van der Waals surface area contributed by atoms with E-state index >= 15 is 0 Å². The molecule has 2 aliphatic rings. The zero-order valence-electron chi connectivity index (χ0n) is 23.9. The van der Waals surface area contributed by atoms with Crippen LogP contribution in [0.15, 0.2) is 35.5 Å². The third-order valence-corrected chi connectivity index (χ3v) is 8.87. The van der Waals surface area contributed by atoms with Gasteiger partial charge in [-0.1, -0.05) is 19.4 Å². The van der Waals surface area contributed by atoms with Gasteiger partial charge in [-0.2, -0.15) is 5.26 Å². The minimum absolute atomic E-state index is 0.0788. The van der Waals surface area contributed by atoms with Crippen LogP contribution < -0.4 is 10.2 Å². The molecule has 1 aliphatic heterocycles. The van der Waals surface area contributed by atoms with Crippen LogP contribution in [-0.4, -0.2) is 66.7 Å². The highest BCUT2D eigenvalue weighted by Gasteiger charge is 2.65. The Morgan fingerprint density at radius 3 is 2.25 bits per heavy atom. The second kappa shape index (κ2) is 10.5. The van der Waals surface area contributed by atoms with Crippen molar-refractivity contribution in [1.29, 1.82) is 5.26 Å². The van der Waals surface area contributed by atoms with Gasteiger partial charge in [-0.3, -0.25) is 19.4 Å². The number of likely N-dealkylation sites (tertiary alicyclic amines) is 1. The molecular weight excluding hydrogens is 623 g/mol. The molecule has 1 saturated carbocycles. The number of alkyl halides is 2. The highest BCUT2D eigenvalue weighted by Crippen LogP contribution is 3.02. The van der Waals surface area contributed by atoms with E-state index in [2.05, 4.69) is 15.5 Å². The number of aromatic nitrogens is 3. The first-order chi connectivity index (χ1) is 20.0. The Bertz CT molecular complexity index is 1450. The number of nitriles is 1. The van der Waals surface area contributed by atoms with E-state index in [4.69, 9.17) is 0 Å². The summed E-state index contributed by atoms with van der Waals surface area (Å²) in [5.41, 5.74) is -1.98. The van der Waals surface area contributed by atoms with Crippen LogP contribution in [0, 0.1) is 11.5 Å². The number of halogens is 7. The first kappa shape index (κ1) is 33.3. The predicted octanol–water partition coefficient (Wildman–Crippen LogP) is 5.59. The van der Waals surface area contributed by atoms with Crippen LogP contribution in [0.4, 0.5) is 33.9 Å². The minimum Gasteiger partial charge on any atom is -0.388 e. The number of hydrogen-bond donors (Lipinski definition) is 2. The van der Waals surface area contributed by atoms with E-state index in [-0.39, 0.29) is 43.8 Å². The van der Waals surface area contributed by atoms with E-state index in [0.29, 0.717) is 12.1 Å². The maximum Gasteiger partial charge on any atom is 0.310 e. The summed E-state index contributed by atoms with van der Waals surface area (Å²) >= 11 is 0. The molecule has 1 aliphatic carbocycles. The third kappa shape index (κ3) is 7.20. The molecular formula is C26H32F7N7O3S. The SMILES string of the molecule is CC(C)n1cnnc1C(C(=O)NC1CCC(F)(F)CC1)N(C(=O)[C@H]1C[C@@](C)(O)CN1C#N)c1ccc(S(F)(F)(F)(F)F)cc1. The van der Waals surface area contributed by atoms with Crippen molar-refractivity contribution in [2.45, 2.75) is 93.5 Å². The Kier molecular flexibility index (Phi) is 7.95. The average molecular weight is 656 g/mol. The molecule has 1 saturated heterocycles. The van der Waals surface area contributed by atoms with Crippen LogP contribution in [0.25, 0.3) is 0 Å². The molecule has 244 valence electrons. The lowest BCUT2D eigenvalue weighted by Crippen LogP contribution is -2.52. The summed E-state index contributed by atoms with van der Waals surface area (Å²) in [6.07, 6.45) is 1.45. The Labute approximate surface area is 248 Å². The summed E-state index contributed by atoms with van der Waals surface area (Å²) in [6, 6.07) is -3.05. The van der Waals surface area contributed by atoms with Gasteiger partial charge < -0.3 is 15.0 Å². The number of β-amino-alcohol motifs (C(OH)–C–C–N with tert-alkyl or cyclic N) is 1. The van der Waals surface area contributed by atoms with Gasteiger partial charge in [-0.05, 0) is 57.9 Å². The van der Waals surface area contributed by atoms with Crippen LogP contribution in [0.3, 0.4) is 0 Å². The van der Waals surface area contributed by atoms with E-state index in [9.17, 15) is 48.2 Å². The van der Waals surface area contributed by atoms with Gasteiger partial charge in [0.1, 0.15) is 17.3 Å². The largest absolute Gasteiger partial charge is 0.388 e. The molecule has 0 radical (unpaired) electrons. The lowest BCUT2D eigenvalue weighted by molar-refractivity contribution is -0.129. The van der Waals surface area contributed by atoms with Gasteiger partial charge in [0.15, 0.2) is 18.1 Å². The summed E-state index contributed by atoms with van der Waals surface area (Å²) in [6.45, 7) is 4.45. The van der Waals surface area contributed by atoms with Crippen LogP contribution in [0.5, 0.6) is 0 Å². The molecule has 18 heteroatoms. The number of carbonyl (C=O) groups excluding carboxylic acids is 2. The lowest BCUT2D eigenvalue weighted by Gasteiger charge is -2.41. The molecule has 2 N–H and O–H groups in total. The molecule has 2 aromatic rings. The van der Waals surface area contributed by atoms with Gasteiger partial charge in [-0.25, -0.2) is 8.78 Å². The monoisotopic (exact) mass is 655 g/mol. The van der Waals surface area contributed by atoms with E-state index in [1.165, 1.54) is 17.8 Å². The molecule has 0 bridgehead atoms. The van der Waals surface area contributed by atoms with Crippen LogP contribution in [-0.2, 0) is 9.59 Å². The third-order valence-electron chi connectivity index (χ3n) is 7.70. The van der Waals surface area contributed by atoms with Crippen LogP contribution in [0.2, 0.25) is 0 Å². The summed E-state index contributed by atoms with van der Waals surface area (Å²) in [5.74, 6) is -5.07. The van der Waals surface area contributed by atoms with Crippen molar-refractivity contribution >= 4 is 27.7 Å². The van der Waals surface area contributed by atoms with Gasteiger partial charge in [0.25, 0.3) is 11.8 Å². The zero-order chi connectivity index (χ0) is 32.9. The first-order valence-electron chi connectivity index (χ1n) is 13.7. The lowest BCUT2D eigenvalue weighted by atomic mass is 9.92. The highest BCUT2D eigenvalue weighted by atomic mass is 32.5. The fourth-order valence-electron chi connectivity index (χ4n) is 5.48. The maximum absolute atomic E-state index is 14.2. The second-order valence-electron chi connectivity index (χ2n) is 11.8. The number of anilines is 1. The average Bonchev–Trinajstić information content (AvgIpc) is 3.50. The Hall–Kier alpha value is -3.59. The number of rotatable bonds is 8. The number of amides is 2. The maximum atomic E-state index is 14.2. The number of nitrogens with one attached hydrogen (secondary N) is 1. The molecule has 10 nitrogen and oxygen atoms in total. The fraction of sp³-hybridized carbons (Fsp3) is 0.577. The second-order valence-corrected chi connectivity index (χ2v) is 14.3. The van der Waals surface area contributed by atoms with Crippen molar-refractivity contribution in [2.24, 2.45) is 0 Å². The molecule has 1 aromatic carbocycles. The number of carbonyl (C=O) groups is 2. The molecule has 4 rings (SSSR count). The van der Waals surface area contributed by atoms with Crippen LogP contribution >= 0.6 is 10.2 Å². The summed E-state index contributed by atoms with van der Waals surface area (Å²) < 4.78 is 96.7. The first-order valence-corrected chi connectivity index (χ1v) is 15.6. The summed E-state index contributed by atoms with van der Waals surface area (Å²) in [4.78, 5) is 27.6. The summed E-state index contributed by atoms with van der Waals surface area (Å²) in [7, 11) is -10.1. The molecule has 44 heavy (non-hydrogen) atoms. The zero-order valence-corrected chi connectivity index (χ0v) is 24.8. The van der Waals surface area contributed by atoms with Gasteiger partial charge in [-0.15, -0.1) is 10.2 Å². The summed E-state index contributed by atoms with van der Waals surface area (Å²) in [5, 5.41) is 30.7. The molecule has 0 spiro atoms. The quantitative estimate of drug-likeness (QED) is 0.280. The van der Waals surface area contributed by atoms with Gasteiger partial charge in [0, 0.05) is 37.0 Å². The molecule has 2 fully saturated rings. The topological polar surface area (TPSA) is 127 Å². The van der Waals surface area contributed by atoms with E-state index < -0.39 is 81.2 Å². The normalized spacial score (nSPS) is 24.7. The smallest absolute Gasteiger partial charge is 0.310 e. The van der Waals surface area contributed by atoms with E-state index in [1.54, 1.807) is 20.0 Å².